The van der Waals surface area contributed by atoms with Gasteiger partial charge in [0.1, 0.15) is 0 Å². The number of amides is 1. The molecular weight excluding hydrogens is 299 g/mol. The highest BCUT2D eigenvalue weighted by molar-refractivity contribution is 5.94. The number of hydrogen-bond donors (Lipinski definition) is 2. The Morgan fingerprint density at radius 1 is 1.41 bits per heavy atom. The Balaban J connectivity index is 1.84. The smallest absolute Gasteiger partial charge is 0.422 e. The summed E-state index contributed by atoms with van der Waals surface area (Å²) in [5, 5.41) is 5.92. The van der Waals surface area contributed by atoms with Crippen molar-refractivity contribution in [1.29, 1.82) is 0 Å². The summed E-state index contributed by atoms with van der Waals surface area (Å²) in [5.74, 6) is -0.496. The molecule has 1 aromatic rings. The van der Waals surface area contributed by atoms with Gasteiger partial charge >= 0.3 is 6.18 Å². The molecule has 0 spiro atoms. The van der Waals surface area contributed by atoms with Gasteiger partial charge in [0.25, 0.3) is 5.91 Å². The summed E-state index contributed by atoms with van der Waals surface area (Å²) in [6.45, 7) is 0.715. The second kappa shape index (κ2) is 7.26. The molecule has 0 atom stereocenters. The van der Waals surface area contributed by atoms with Crippen molar-refractivity contribution < 1.29 is 22.7 Å². The van der Waals surface area contributed by atoms with Gasteiger partial charge in [-0.3, -0.25) is 4.79 Å². The molecule has 0 unspecified atom stereocenters. The molecule has 1 amide bonds. The van der Waals surface area contributed by atoms with Crippen molar-refractivity contribution in [2.45, 2.75) is 12.6 Å². The number of carbonyl (C=O) groups excluding carboxylic acids is 1. The van der Waals surface area contributed by atoms with Gasteiger partial charge in [-0.25, -0.2) is 4.98 Å². The first-order valence-corrected chi connectivity index (χ1v) is 6.76. The summed E-state index contributed by atoms with van der Waals surface area (Å²) in [6, 6.07) is 2.62. The van der Waals surface area contributed by atoms with Gasteiger partial charge in [0.15, 0.2) is 6.61 Å². The van der Waals surface area contributed by atoms with E-state index >= 15 is 0 Å². The first-order chi connectivity index (χ1) is 10.4. The second-order valence-corrected chi connectivity index (χ2v) is 4.79. The third kappa shape index (κ3) is 5.36. The van der Waals surface area contributed by atoms with Crippen molar-refractivity contribution >= 4 is 5.91 Å². The average molecular weight is 315 g/mol. The number of nitrogens with zero attached hydrogens (tertiary/aromatic N) is 1. The quantitative estimate of drug-likeness (QED) is 0.812. The molecule has 0 bridgehead atoms. The highest BCUT2D eigenvalue weighted by Gasteiger charge is 2.28. The summed E-state index contributed by atoms with van der Waals surface area (Å²) in [4.78, 5) is 15.6. The molecule has 8 heteroatoms. The molecule has 1 aromatic heterocycles. The number of halogens is 3. The third-order valence-corrected chi connectivity index (χ3v) is 3.02. The predicted molar refractivity (Wildman–Crippen MR) is 73.7 cm³/mol. The van der Waals surface area contributed by atoms with E-state index < -0.39 is 12.8 Å². The number of ether oxygens (including phenoxy) is 1. The van der Waals surface area contributed by atoms with Gasteiger partial charge in [0.05, 0.1) is 5.56 Å². The molecule has 0 aromatic carbocycles. The molecule has 0 radical (unpaired) electrons. The molecule has 0 saturated carbocycles. The van der Waals surface area contributed by atoms with Crippen molar-refractivity contribution in [3.8, 4) is 5.88 Å². The normalized spacial score (nSPS) is 15.1. The molecule has 2 N–H and O–H groups in total. The lowest BCUT2D eigenvalue weighted by molar-refractivity contribution is -0.154. The first kappa shape index (κ1) is 16.3. The van der Waals surface area contributed by atoms with Crippen LogP contribution in [0.2, 0.25) is 0 Å². The van der Waals surface area contributed by atoms with Crippen LogP contribution in [0.15, 0.2) is 30.0 Å². The van der Waals surface area contributed by atoms with E-state index in [4.69, 9.17) is 0 Å². The van der Waals surface area contributed by atoms with Crippen molar-refractivity contribution in [2.24, 2.45) is 0 Å². The molecule has 0 fully saturated rings. The lowest BCUT2D eigenvalue weighted by Gasteiger charge is -2.14. The number of carbonyl (C=O) groups is 1. The molecule has 1 aliphatic heterocycles. The van der Waals surface area contributed by atoms with Crippen LogP contribution in [-0.2, 0) is 0 Å². The fourth-order valence-corrected chi connectivity index (χ4v) is 1.88. The molecule has 0 saturated heterocycles. The zero-order chi connectivity index (χ0) is 16.0. The van der Waals surface area contributed by atoms with Crippen LogP contribution in [0.3, 0.4) is 0 Å². The molecule has 5 nitrogen and oxygen atoms in total. The fraction of sp³-hybridized carbons (Fsp3) is 0.429. The van der Waals surface area contributed by atoms with Gasteiger partial charge in [0, 0.05) is 25.4 Å². The van der Waals surface area contributed by atoms with E-state index in [1.807, 2.05) is 6.08 Å². The summed E-state index contributed by atoms with van der Waals surface area (Å²) in [5.41, 5.74) is 1.42. The third-order valence-electron chi connectivity index (χ3n) is 3.02. The lowest BCUT2D eigenvalue weighted by Crippen LogP contribution is -2.29. The molecule has 120 valence electrons. The van der Waals surface area contributed by atoms with Crippen LogP contribution >= 0.6 is 0 Å². The summed E-state index contributed by atoms with van der Waals surface area (Å²) >= 11 is 0. The van der Waals surface area contributed by atoms with Gasteiger partial charge in [0.2, 0.25) is 5.88 Å². The maximum absolute atomic E-state index is 12.0. The molecule has 0 aliphatic carbocycles. The number of pyridine rings is 1. The van der Waals surface area contributed by atoms with Crippen LogP contribution < -0.4 is 15.4 Å². The van der Waals surface area contributed by atoms with Crippen LogP contribution in [0.5, 0.6) is 5.88 Å². The Bertz CT molecular complexity index is 541. The zero-order valence-electron chi connectivity index (χ0n) is 11.7. The summed E-state index contributed by atoms with van der Waals surface area (Å²) in [6.07, 6.45) is -0.322. The Labute approximate surface area is 125 Å². The molecule has 2 rings (SSSR count). The van der Waals surface area contributed by atoms with E-state index in [9.17, 15) is 18.0 Å². The monoisotopic (exact) mass is 315 g/mol. The average Bonchev–Trinajstić information content (AvgIpc) is 2.51. The maximum Gasteiger partial charge on any atom is 0.422 e. The van der Waals surface area contributed by atoms with Crippen LogP contribution in [0.4, 0.5) is 13.2 Å². The molecule has 1 aliphatic rings. The number of hydrogen-bond acceptors (Lipinski definition) is 4. The maximum atomic E-state index is 12.0. The molecule has 2 heterocycles. The Kier molecular flexibility index (Phi) is 5.37. The minimum atomic E-state index is -4.42. The Morgan fingerprint density at radius 3 is 2.82 bits per heavy atom. The predicted octanol–water partition coefficient (Wildman–Crippen LogP) is 1.67. The van der Waals surface area contributed by atoms with Gasteiger partial charge in [-0.2, -0.15) is 13.2 Å². The van der Waals surface area contributed by atoms with Gasteiger partial charge in [-0.1, -0.05) is 11.6 Å². The van der Waals surface area contributed by atoms with E-state index in [0.29, 0.717) is 6.54 Å². The molecule has 22 heavy (non-hydrogen) atoms. The van der Waals surface area contributed by atoms with Crippen LogP contribution in [0.25, 0.3) is 0 Å². The lowest BCUT2D eigenvalue weighted by atomic mass is 10.1. The zero-order valence-corrected chi connectivity index (χ0v) is 11.7. The van der Waals surface area contributed by atoms with Crippen molar-refractivity contribution in [1.82, 2.24) is 15.6 Å². The minimum Gasteiger partial charge on any atom is -0.468 e. The standard InChI is InChI=1S/C14H16F3N3O2/c15-14(16,17)9-22-12-2-1-11(8-19-12)13(21)20-7-10-3-5-18-6-4-10/h1-3,8,18H,4-7,9H2,(H,20,21). The minimum absolute atomic E-state index is 0.171. The fourth-order valence-electron chi connectivity index (χ4n) is 1.88. The van der Waals surface area contributed by atoms with Crippen molar-refractivity contribution in [3.63, 3.8) is 0 Å². The summed E-state index contributed by atoms with van der Waals surface area (Å²) in [7, 11) is 0. The number of aromatic nitrogens is 1. The van der Waals surface area contributed by atoms with E-state index in [-0.39, 0.29) is 17.4 Å². The van der Waals surface area contributed by atoms with E-state index in [1.54, 1.807) is 0 Å². The summed E-state index contributed by atoms with van der Waals surface area (Å²) < 4.78 is 40.5. The molecular formula is C14H16F3N3O2. The number of alkyl halides is 3. The van der Waals surface area contributed by atoms with Gasteiger partial charge in [-0.15, -0.1) is 0 Å². The number of nitrogens with one attached hydrogen (secondary N) is 2. The highest BCUT2D eigenvalue weighted by atomic mass is 19.4. The van der Waals surface area contributed by atoms with Crippen molar-refractivity contribution in [2.75, 3.05) is 26.2 Å². The number of rotatable bonds is 5. The van der Waals surface area contributed by atoms with E-state index in [2.05, 4.69) is 20.4 Å². The topological polar surface area (TPSA) is 63.2 Å². The Hall–Kier alpha value is -2.09. The second-order valence-electron chi connectivity index (χ2n) is 4.79. The largest absolute Gasteiger partial charge is 0.468 e. The van der Waals surface area contributed by atoms with Crippen LogP contribution in [0, 0.1) is 0 Å². The van der Waals surface area contributed by atoms with Gasteiger partial charge in [-0.05, 0) is 19.0 Å². The van der Waals surface area contributed by atoms with Crippen molar-refractivity contribution in [3.05, 3.63) is 35.5 Å². The van der Waals surface area contributed by atoms with Crippen LogP contribution in [0.1, 0.15) is 16.8 Å². The Morgan fingerprint density at radius 2 is 2.23 bits per heavy atom. The van der Waals surface area contributed by atoms with E-state index in [1.165, 1.54) is 18.3 Å². The van der Waals surface area contributed by atoms with E-state index in [0.717, 1.165) is 25.1 Å². The van der Waals surface area contributed by atoms with Gasteiger partial charge < -0.3 is 15.4 Å². The SMILES string of the molecule is O=C(NCC1=CCNCC1)c1ccc(OCC(F)(F)F)nc1. The van der Waals surface area contributed by atoms with Crippen LogP contribution in [-0.4, -0.2) is 43.3 Å². The highest BCUT2D eigenvalue weighted by Crippen LogP contribution is 2.17. The first-order valence-electron chi connectivity index (χ1n) is 6.76.